The van der Waals surface area contributed by atoms with E-state index in [-0.39, 0.29) is 0 Å². The number of furan rings is 1. The molecule has 0 aliphatic carbocycles. The molecule has 0 aliphatic rings. The van der Waals surface area contributed by atoms with E-state index in [0.717, 1.165) is 11.1 Å². The van der Waals surface area contributed by atoms with Gasteiger partial charge in [0.05, 0.1) is 0 Å². The van der Waals surface area contributed by atoms with E-state index in [4.69, 9.17) is 9.15 Å². The van der Waals surface area contributed by atoms with Crippen LogP contribution >= 0.6 is 0 Å². The first-order valence-corrected chi connectivity index (χ1v) is 7.29. The molecule has 118 valence electrons. The van der Waals surface area contributed by atoms with E-state index in [0.29, 0.717) is 22.2 Å². The lowest BCUT2D eigenvalue weighted by Gasteiger charge is -2.18. The van der Waals surface area contributed by atoms with E-state index in [9.17, 15) is 10.0 Å². The third kappa shape index (κ3) is 3.19. The van der Waals surface area contributed by atoms with E-state index >= 15 is 0 Å². The summed E-state index contributed by atoms with van der Waals surface area (Å²) >= 11 is 0. The van der Waals surface area contributed by atoms with Crippen molar-refractivity contribution in [1.82, 2.24) is 5.06 Å². The van der Waals surface area contributed by atoms with Crippen molar-refractivity contribution in [3.63, 3.8) is 0 Å². The lowest BCUT2D eigenvalue weighted by molar-refractivity contribution is -0.173. The van der Waals surface area contributed by atoms with E-state index in [1.165, 1.54) is 6.92 Å². The molecule has 23 heavy (non-hydrogen) atoms. The van der Waals surface area contributed by atoms with Gasteiger partial charge in [-0.15, -0.1) is 0 Å². The number of carbonyl (C=O) groups excluding carboxylic acids is 1. The smallest absolute Gasteiger partial charge is 0.243 e. The Morgan fingerprint density at radius 3 is 2.57 bits per heavy atom. The summed E-state index contributed by atoms with van der Waals surface area (Å²) in [6.07, 6.45) is 0. The number of carbonyl (C=O) groups is 1. The number of hydroxylamine groups is 2. The highest BCUT2D eigenvalue weighted by molar-refractivity contribution is 5.80. The monoisotopic (exact) mass is 311 g/mol. The van der Waals surface area contributed by atoms with Crippen LogP contribution in [0.4, 0.5) is 0 Å². The van der Waals surface area contributed by atoms with Crippen LogP contribution in [-0.4, -0.2) is 16.2 Å². The van der Waals surface area contributed by atoms with Crippen molar-refractivity contribution in [1.29, 1.82) is 0 Å². The molecular weight excluding hydrogens is 294 g/mol. The van der Waals surface area contributed by atoms with Gasteiger partial charge in [-0.1, -0.05) is 18.2 Å². The molecule has 1 unspecified atom stereocenters. The summed E-state index contributed by atoms with van der Waals surface area (Å²) in [4.78, 5) is 11.2. The van der Waals surface area contributed by atoms with E-state index in [1.807, 2.05) is 42.5 Å². The number of rotatable bonds is 4. The molecule has 1 atom stereocenters. The van der Waals surface area contributed by atoms with Crippen molar-refractivity contribution in [3.05, 3.63) is 60.4 Å². The minimum atomic E-state index is -0.557. The second-order valence-electron chi connectivity index (χ2n) is 5.30. The van der Waals surface area contributed by atoms with Gasteiger partial charge in [-0.2, -0.15) is 0 Å². The van der Waals surface area contributed by atoms with Gasteiger partial charge in [0.2, 0.25) is 5.91 Å². The molecule has 0 spiro atoms. The van der Waals surface area contributed by atoms with Crippen LogP contribution in [0.2, 0.25) is 0 Å². The number of benzene rings is 2. The topological polar surface area (TPSA) is 62.9 Å². The predicted molar refractivity (Wildman–Crippen MR) is 85.5 cm³/mol. The van der Waals surface area contributed by atoms with Crippen molar-refractivity contribution >= 4 is 16.9 Å². The van der Waals surface area contributed by atoms with Gasteiger partial charge in [-0.3, -0.25) is 10.0 Å². The summed E-state index contributed by atoms with van der Waals surface area (Å²) in [6.45, 7) is 2.99. The molecule has 5 nitrogen and oxygen atoms in total. The SMILES string of the molecule is CC(=O)N(O)C(C)c1cc2cc(Oc3ccccc3)ccc2o1. The Balaban J connectivity index is 1.87. The average molecular weight is 311 g/mol. The highest BCUT2D eigenvalue weighted by Gasteiger charge is 2.20. The van der Waals surface area contributed by atoms with Crippen molar-refractivity contribution in [2.24, 2.45) is 0 Å². The standard InChI is InChI=1S/C18H17NO4/c1-12(19(21)13(2)20)18-11-14-10-16(8-9-17(14)23-18)22-15-6-4-3-5-7-15/h3-12,21H,1-2H3. The molecule has 3 rings (SSSR count). The van der Waals surface area contributed by atoms with Crippen LogP contribution < -0.4 is 4.74 Å². The van der Waals surface area contributed by atoms with Crippen LogP contribution in [0, 0.1) is 0 Å². The van der Waals surface area contributed by atoms with Crippen molar-refractivity contribution in [3.8, 4) is 11.5 Å². The molecule has 3 aromatic rings. The molecule has 0 bridgehead atoms. The molecule has 1 heterocycles. The van der Waals surface area contributed by atoms with Gasteiger partial charge in [0.1, 0.15) is 28.9 Å². The highest BCUT2D eigenvalue weighted by Crippen LogP contribution is 2.30. The van der Waals surface area contributed by atoms with E-state index in [1.54, 1.807) is 19.1 Å². The molecule has 2 aromatic carbocycles. The van der Waals surface area contributed by atoms with Crippen LogP contribution in [0.5, 0.6) is 11.5 Å². The van der Waals surface area contributed by atoms with E-state index < -0.39 is 11.9 Å². The minimum absolute atomic E-state index is 0.439. The first kappa shape index (κ1) is 15.1. The summed E-state index contributed by atoms with van der Waals surface area (Å²) < 4.78 is 11.5. The van der Waals surface area contributed by atoms with Crippen LogP contribution in [0.3, 0.4) is 0 Å². The predicted octanol–water partition coefficient (Wildman–Crippen LogP) is 4.52. The molecule has 0 aliphatic heterocycles. The van der Waals surface area contributed by atoms with Gasteiger partial charge in [0, 0.05) is 12.3 Å². The molecule has 1 aromatic heterocycles. The highest BCUT2D eigenvalue weighted by atomic mass is 16.5. The molecule has 1 N–H and O–H groups in total. The minimum Gasteiger partial charge on any atom is -0.459 e. The summed E-state index contributed by atoms with van der Waals surface area (Å²) in [5, 5.41) is 11.2. The molecule has 0 saturated heterocycles. The first-order valence-electron chi connectivity index (χ1n) is 7.29. The third-order valence-corrected chi connectivity index (χ3v) is 3.59. The zero-order valence-electron chi connectivity index (χ0n) is 12.9. The van der Waals surface area contributed by atoms with Gasteiger partial charge >= 0.3 is 0 Å². The van der Waals surface area contributed by atoms with E-state index in [2.05, 4.69) is 0 Å². The van der Waals surface area contributed by atoms with Gasteiger partial charge in [-0.05, 0) is 43.3 Å². The summed E-state index contributed by atoms with van der Waals surface area (Å²) in [5.74, 6) is 1.51. The maximum atomic E-state index is 11.2. The zero-order valence-corrected chi connectivity index (χ0v) is 12.9. The molecule has 5 heteroatoms. The summed E-state index contributed by atoms with van der Waals surface area (Å²) in [5.41, 5.74) is 0.671. The lowest BCUT2D eigenvalue weighted by atomic mass is 10.2. The fourth-order valence-corrected chi connectivity index (χ4v) is 2.33. The van der Waals surface area contributed by atoms with Gasteiger partial charge in [0.25, 0.3) is 0 Å². The largest absolute Gasteiger partial charge is 0.459 e. The molecule has 0 saturated carbocycles. The van der Waals surface area contributed by atoms with Gasteiger partial charge < -0.3 is 9.15 Å². The number of amides is 1. The Labute approximate surface area is 133 Å². The number of para-hydroxylation sites is 1. The molecule has 0 fully saturated rings. The molecule has 1 amide bonds. The first-order chi connectivity index (χ1) is 11.0. The Morgan fingerprint density at radius 1 is 1.13 bits per heavy atom. The van der Waals surface area contributed by atoms with Crippen molar-refractivity contribution in [2.45, 2.75) is 19.9 Å². The van der Waals surface area contributed by atoms with Crippen LogP contribution in [0.1, 0.15) is 25.6 Å². The number of hydrogen-bond acceptors (Lipinski definition) is 4. The summed E-state index contributed by atoms with van der Waals surface area (Å²) in [6, 6.07) is 16.2. The number of fused-ring (bicyclic) bond motifs is 1. The molecular formula is C18H17NO4. The van der Waals surface area contributed by atoms with Gasteiger partial charge in [-0.25, -0.2) is 5.06 Å². The number of ether oxygens (including phenoxy) is 1. The normalized spacial score (nSPS) is 12.1. The third-order valence-electron chi connectivity index (χ3n) is 3.59. The maximum Gasteiger partial charge on any atom is 0.243 e. The second kappa shape index (κ2) is 6.14. The Kier molecular flexibility index (Phi) is 4.04. The van der Waals surface area contributed by atoms with Crippen LogP contribution in [0.25, 0.3) is 11.0 Å². The van der Waals surface area contributed by atoms with Crippen LogP contribution in [0.15, 0.2) is 59.0 Å². The quantitative estimate of drug-likeness (QED) is 0.568. The van der Waals surface area contributed by atoms with Crippen LogP contribution in [-0.2, 0) is 4.79 Å². The Bertz CT molecular complexity index is 825. The van der Waals surface area contributed by atoms with Gasteiger partial charge in [0.15, 0.2) is 0 Å². The second-order valence-corrected chi connectivity index (χ2v) is 5.30. The average Bonchev–Trinajstić information content (AvgIpc) is 2.97. The molecule has 0 radical (unpaired) electrons. The van der Waals surface area contributed by atoms with Crippen molar-refractivity contribution in [2.75, 3.05) is 0 Å². The Morgan fingerprint density at radius 2 is 1.87 bits per heavy atom. The Hall–Kier alpha value is -2.79. The fraction of sp³-hybridized carbons (Fsp3) is 0.167. The van der Waals surface area contributed by atoms with Crippen molar-refractivity contribution < 1.29 is 19.2 Å². The zero-order chi connectivity index (χ0) is 16.4. The summed E-state index contributed by atoms with van der Waals surface area (Å²) in [7, 11) is 0. The maximum absolute atomic E-state index is 11.2. The number of hydrogen-bond donors (Lipinski definition) is 1. The lowest BCUT2D eigenvalue weighted by Crippen LogP contribution is -2.27. The number of nitrogens with zero attached hydrogens (tertiary/aromatic N) is 1. The fourth-order valence-electron chi connectivity index (χ4n) is 2.33.